The number of halogens is 1. The van der Waals surface area contributed by atoms with Gasteiger partial charge in [-0.3, -0.25) is 4.79 Å². The molecule has 0 saturated carbocycles. The van der Waals surface area contributed by atoms with Crippen molar-refractivity contribution in [2.75, 3.05) is 23.7 Å². The average Bonchev–Trinajstić information content (AvgIpc) is 2.78. The molecule has 2 rings (SSSR count). The van der Waals surface area contributed by atoms with E-state index in [1.165, 1.54) is 25.1 Å². The Morgan fingerprint density at radius 2 is 1.72 bits per heavy atom. The minimum atomic E-state index is -3.77. The van der Waals surface area contributed by atoms with E-state index in [0.717, 1.165) is 18.8 Å². The number of hydrogen-bond donors (Lipinski definition) is 0. The van der Waals surface area contributed by atoms with Crippen molar-refractivity contribution in [3.8, 4) is 5.75 Å². The third-order valence-electron chi connectivity index (χ3n) is 5.58. The summed E-state index contributed by atoms with van der Waals surface area (Å²) in [4.78, 5) is 16.8. The van der Waals surface area contributed by atoms with Crippen LogP contribution >= 0.6 is 0 Å². The van der Waals surface area contributed by atoms with Crippen molar-refractivity contribution in [3.63, 3.8) is 0 Å². The highest BCUT2D eigenvalue weighted by atomic mass is 32.2. The molecule has 0 aromatic heterocycles. The number of carbonyl (C=O) groups is 1. The van der Waals surface area contributed by atoms with Crippen molar-refractivity contribution >= 4 is 21.7 Å². The van der Waals surface area contributed by atoms with E-state index in [1.54, 1.807) is 23.1 Å². The molecule has 176 valence electrons. The van der Waals surface area contributed by atoms with Crippen molar-refractivity contribution in [2.45, 2.75) is 53.6 Å². The molecule has 0 fully saturated rings. The van der Waals surface area contributed by atoms with Gasteiger partial charge in [0.05, 0.1) is 11.3 Å². The molecule has 8 heteroatoms. The van der Waals surface area contributed by atoms with Gasteiger partial charge in [-0.1, -0.05) is 25.1 Å². The third-order valence-corrected chi connectivity index (χ3v) is 6.72. The number of carbonyl (C=O) groups excluding carboxylic acids is 1. The van der Waals surface area contributed by atoms with Crippen molar-refractivity contribution in [2.24, 2.45) is 0 Å². The Morgan fingerprint density at radius 3 is 2.28 bits per heavy atom. The highest BCUT2D eigenvalue weighted by Crippen LogP contribution is 2.30. The fourth-order valence-corrected chi connectivity index (χ4v) is 3.90. The van der Waals surface area contributed by atoms with E-state index in [-0.39, 0.29) is 29.7 Å². The summed E-state index contributed by atoms with van der Waals surface area (Å²) in [6.45, 7) is 10.9. The Labute approximate surface area is 191 Å². The topological polar surface area (TPSA) is 66.9 Å². The van der Waals surface area contributed by atoms with Crippen LogP contribution in [0.2, 0.25) is 0 Å². The molecule has 2 aromatic rings. The van der Waals surface area contributed by atoms with E-state index in [4.69, 9.17) is 4.18 Å². The van der Waals surface area contributed by atoms with Crippen LogP contribution in [0.3, 0.4) is 0 Å². The molecule has 0 aliphatic heterocycles. The summed E-state index contributed by atoms with van der Waals surface area (Å²) in [7, 11) is -3.77. The SMILES string of the molecule is CC[C@@H](C)N(Cc1ccc(N(CC)CC)cc1OS(=O)(=O)CC)C(=O)c1ccccc1F. The first-order valence-electron chi connectivity index (χ1n) is 11.0. The normalized spacial score (nSPS) is 12.3. The fourth-order valence-electron chi connectivity index (χ4n) is 3.35. The zero-order valence-electron chi connectivity index (χ0n) is 19.5. The zero-order chi connectivity index (χ0) is 23.9. The average molecular weight is 465 g/mol. The molecule has 0 unspecified atom stereocenters. The second kappa shape index (κ2) is 11.3. The van der Waals surface area contributed by atoms with Gasteiger partial charge in [-0.05, 0) is 52.3 Å². The van der Waals surface area contributed by atoms with Crippen LogP contribution in [0.25, 0.3) is 0 Å². The minimum Gasteiger partial charge on any atom is -0.382 e. The predicted molar refractivity (Wildman–Crippen MR) is 126 cm³/mol. The van der Waals surface area contributed by atoms with E-state index < -0.39 is 21.8 Å². The van der Waals surface area contributed by atoms with Gasteiger partial charge in [0, 0.05) is 43.0 Å². The second-order valence-electron chi connectivity index (χ2n) is 7.56. The third kappa shape index (κ3) is 6.22. The Kier molecular flexibility index (Phi) is 9.07. The number of benzene rings is 2. The van der Waals surface area contributed by atoms with Gasteiger partial charge in [0.15, 0.2) is 0 Å². The molecule has 0 aliphatic carbocycles. The standard InChI is InChI=1S/C24H33FN2O4S/c1-6-18(5)27(24(28)21-12-10-11-13-22(21)25)17-19-14-15-20(26(7-2)8-3)16-23(19)31-32(29,30)9-4/h10-16,18H,6-9,17H2,1-5H3/t18-/m1/s1. The quantitative estimate of drug-likeness (QED) is 0.445. The summed E-state index contributed by atoms with van der Waals surface area (Å²) < 4.78 is 44.2. The highest BCUT2D eigenvalue weighted by Gasteiger charge is 2.25. The van der Waals surface area contributed by atoms with Crippen LogP contribution in [0.5, 0.6) is 5.75 Å². The van der Waals surface area contributed by atoms with Gasteiger partial charge in [-0.25, -0.2) is 4.39 Å². The Morgan fingerprint density at radius 1 is 1.06 bits per heavy atom. The summed E-state index contributed by atoms with van der Waals surface area (Å²) in [5.41, 5.74) is 1.36. The molecule has 6 nitrogen and oxygen atoms in total. The van der Waals surface area contributed by atoms with Gasteiger partial charge in [0.2, 0.25) is 0 Å². The maximum absolute atomic E-state index is 14.3. The molecule has 0 bridgehead atoms. The van der Waals surface area contributed by atoms with Crippen LogP contribution in [0.15, 0.2) is 42.5 Å². The summed E-state index contributed by atoms with van der Waals surface area (Å²) >= 11 is 0. The zero-order valence-corrected chi connectivity index (χ0v) is 20.3. The first-order valence-corrected chi connectivity index (χ1v) is 12.6. The molecule has 2 aromatic carbocycles. The van der Waals surface area contributed by atoms with E-state index in [9.17, 15) is 17.6 Å². The Bertz CT molecular complexity index is 1020. The lowest BCUT2D eigenvalue weighted by Gasteiger charge is -2.30. The lowest BCUT2D eigenvalue weighted by Crippen LogP contribution is -2.38. The van der Waals surface area contributed by atoms with Crippen LogP contribution in [0.1, 0.15) is 57.0 Å². The van der Waals surface area contributed by atoms with E-state index in [1.807, 2.05) is 33.8 Å². The summed E-state index contributed by atoms with van der Waals surface area (Å²) in [6.07, 6.45) is 0.654. The smallest absolute Gasteiger partial charge is 0.308 e. The number of amides is 1. The van der Waals surface area contributed by atoms with E-state index in [2.05, 4.69) is 4.90 Å². The molecule has 0 saturated heterocycles. The fraction of sp³-hybridized carbons (Fsp3) is 0.458. The predicted octanol–water partition coefficient (Wildman–Crippen LogP) is 4.84. The molecular formula is C24H33FN2O4S. The second-order valence-corrected chi connectivity index (χ2v) is 9.42. The van der Waals surface area contributed by atoms with E-state index in [0.29, 0.717) is 12.0 Å². The number of hydrogen-bond acceptors (Lipinski definition) is 5. The first-order chi connectivity index (χ1) is 15.2. The molecular weight excluding hydrogens is 431 g/mol. The van der Waals surface area contributed by atoms with Gasteiger partial charge in [0.25, 0.3) is 5.91 Å². The lowest BCUT2D eigenvalue weighted by molar-refractivity contribution is 0.0666. The largest absolute Gasteiger partial charge is 0.382 e. The minimum absolute atomic E-state index is 0.0174. The molecule has 32 heavy (non-hydrogen) atoms. The van der Waals surface area contributed by atoms with Gasteiger partial charge in [0.1, 0.15) is 11.6 Å². The summed E-state index contributed by atoms with van der Waals surface area (Å²) in [5.74, 6) is -1.03. The maximum Gasteiger partial charge on any atom is 0.308 e. The number of rotatable bonds is 11. The van der Waals surface area contributed by atoms with Gasteiger partial charge >= 0.3 is 10.1 Å². The lowest BCUT2D eigenvalue weighted by atomic mass is 10.1. The van der Waals surface area contributed by atoms with Crippen LogP contribution in [-0.2, 0) is 16.7 Å². The Balaban J connectivity index is 2.51. The highest BCUT2D eigenvalue weighted by molar-refractivity contribution is 7.87. The molecule has 0 spiro atoms. The van der Waals surface area contributed by atoms with Crippen LogP contribution < -0.4 is 9.08 Å². The van der Waals surface area contributed by atoms with Crippen molar-refractivity contribution in [1.29, 1.82) is 0 Å². The molecule has 0 heterocycles. The van der Waals surface area contributed by atoms with Gasteiger partial charge in [-0.15, -0.1) is 0 Å². The number of anilines is 1. The van der Waals surface area contributed by atoms with Crippen LogP contribution in [0, 0.1) is 5.82 Å². The summed E-state index contributed by atoms with van der Waals surface area (Å²) in [6, 6.07) is 11.0. The molecule has 1 atom stereocenters. The van der Waals surface area contributed by atoms with Crippen molar-refractivity contribution < 1.29 is 21.8 Å². The van der Waals surface area contributed by atoms with E-state index >= 15 is 0 Å². The number of nitrogens with zero attached hydrogens (tertiary/aromatic N) is 2. The van der Waals surface area contributed by atoms with Crippen molar-refractivity contribution in [3.05, 3.63) is 59.4 Å². The van der Waals surface area contributed by atoms with Crippen molar-refractivity contribution in [1.82, 2.24) is 4.90 Å². The maximum atomic E-state index is 14.3. The Hall–Kier alpha value is -2.61. The molecule has 0 radical (unpaired) electrons. The first kappa shape index (κ1) is 25.6. The molecule has 0 N–H and O–H groups in total. The molecule has 0 aliphatic rings. The monoisotopic (exact) mass is 464 g/mol. The summed E-state index contributed by atoms with van der Waals surface area (Å²) in [5, 5.41) is 0. The van der Waals surface area contributed by atoms with Gasteiger partial charge in [-0.2, -0.15) is 8.42 Å². The van der Waals surface area contributed by atoms with Crippen LogP contribution in [0.4, 0.5) is 10.1 Å². The van der Waals surface area contributed by atoms with Gasteiger partial charge < -0.3 is 14.0 Å². The molecule has 1 amide bonds. The van der Waals surface area contributed by atoms with Crippen LogP contribution in [-0.4, -0.2) is 44.1 Å².